The molecular weight excluding hydrogens is 246 g/mol. The number of ketones is 1. The average Bonchev–Trinajstić information content (AvgIpc) is 2.57. The smallest absolute Gasteiger partial charge is 0.410 e. The molecule has 0 aromatic heterocycles. The van der Waals surface area contributed by atoms with E-state index >= 15 is 0 Å². The first-order valence-corrected chi connectivity index (χ1v) is 6.87. The second-order valence-corrected chi connectivity index (χ2v) is 6.57. The van der Waals surface area contributed by atoms with Crippen molar-refractivity contribution in [1.82, 2.24) is 4.90 Å². The molecular formula is C14H23NO4. The molecule has 0 unspecified atom stereocenters. The lowest BCUT2D eigenvalue weighted by Gasteiger charge is -2.37. The van der Waals surface area contributed by atoms with E-state index in [0.29, 0.717) is 32.5 Å². The first-order valence-electron chi connectivity index (χ1n) is 6.87. The van der Waals surface area contributed by atoms with E-state index in [9.17, 15) is 9.59 Å². The van der Waals surface area contributed by atoms with Crippen LogP contribution in [0, 0.1) is 5.41 Å². The van der Waals surface area contributed by atoms with Gasteiger partial charge in [0.2, 0.25) is 0 Å². The predicted molar refractivity (Wildman–Crippen MR) is 69.9 cm³/mol. The SMILES string of the molecule is C[C@H]1OCC2(CCN(C(=O)OC(C)(C)C)CC2)C1=O. The number of Topliss-reactive ketones (excluding diaryl/α,β-unsaturated/α-hetero) is 1. The summed E-state index contributed by atoms with van der Waals surface area (Å²) in [4.78, 5) is 25.8. The Morgan fingerprint density at radius 3 is 2.37 bits per heavy atom. The van der Waals surface area contributed by atoms with E-state index in [-0.39, 0.29) is 23.4 Å². The number of carbonyl (C=O) groups is 2. The lowest BCUT2D eigenvalue weighted by atomic mass is 9.76. The zero-order chi connectivity index (χ0) is 14.3. The van der Waals surface area contributed by atoms with E-state index < -0.39 is 5.60 Å². The van der Waals surface area contributed by atoms with Gasteiger partial charge >= 0.3 is 6.09 Å². The quantitative estimate of drug-likeness (QED) is 0.675. The first-order chi connectivity index (χ1) is 8.73. The molecule has 1 spiro atoms. The molecule has 0 aromatic rings. The van der Waals surface area contributed by atoms with Crippen LogP contribution in [0.15, 0.2) is 0 Å². The highest BCUT2D eigenvalue weighted by atomic mass is 16.6. The van der Waals surface area contributed by atoms with Gasteiger partial charge in [0.05, 0.1) is 12.0 Å². The normalized spacial score (nSPS) is 26.8. The molecule has 1 amide bonds. The van der Waals surface area contributed by atoms with E-state index in [1.165, 1.54) is 0 Å². The monoisotopic (exact) mass is 269 g/mol. The number of amides is 1. The topological polar surface area (TPSA) is 55.8 Å². The van der Waals surface area contributed by atoms with Gasteiger partial charge in [0.15, 0.2) is 5.78 Å². The molecule has 2 rings (SSSR count). The van der Waals surface area contributed by atoms with E-state index in [4.69, 9.17) is 9.47 Å². The number of nitrogens with zero attached hydrogens (tertiary/aromatic N) is 1. The molecule has 2 aliphatic heterocycles. The number of ether oxygens (including phenoxy) is 2. The van der Waals surface area contributed by atoms with Gasteiger partial charge in [-0.15, -0.1) is 0 Å². The number of hydrogen-bond acceptors (Lipinski definition) is 4. The van der Waals surface area contributed by atoms with Gasteiger partial charge in [0.25, 0.3) is 0 Å². The Hall–Kier alpha value is -1.10. The molecule has 2 aliphatic rings. The third kappa shape index (κ3) is 2.91. The Morgan fingerprint density at radius 1 is 1.37 bits per heavy atom. The lowest BCUT2D eigenvalue weighted by Crippen LogP contribution is -2.48. The first kappa shape index (κ1) is 14.3. The molecule has 108 valence electrons. The number of likely N-dealkylation sites (tertiary alicyclic amines) is 1. The average molecular weight is 269 g/mol. The van der Waals surface area contributed by atoms with Crippen LogP contribution in [0.5, 0.6) is 0 Å². The van der Waals surface area contributed by atoms with Crippen LogP contribution in [0.25, 0.3) is 0 Å². The van der Waals surface area contributed by atoms with Crippen molar-refractivity contribution in [2.45, 2.75) is 52.2 Å². The molecule has 2 heterocycles. The zero-order valence-corrected chi connectivity index (χ0v) is 12.2. The summed E-state index contributed by atoms with van der Waals surface area (Å²) in [5.74, 6) is 0.191. The number of hydrogen-bond donors (Lipinski definition) is 0. The summed E-state index contributed by atoms with van der Waals surface area (Å²) in [5, 5.41) is 0. The van der Waals surface area contributed by atoms with Gasteiger partial charge in [-0.2, -0.15) is 0 Å². The summed E-state index contributed by atoms with van der Waals surface area (Å²) in [7, 11) is 0. The fraction of sp³-hybridized carbons (Fsp3) is 0.857. The van der Waals surface area contributed by atoms with Crippen molar-refractivity contribution in [1.29, 1.82) is 0 Å². The molecule has 0 bridgehead atoms. The largest absolute Gasteiger partial charge is 0.444 e. The maximum atomic E-state index is 12.1. The van der Waals surface area contributed by atoms with Crippen LogP contribution in [0.2, 0.25) is 0 Å². The molecule has 2 fully saturated rings. The molecule has 0 aromatic carbocycles. The zero-order valence-electron chi connectivity index (χ0n) is 12.2. The Kier molecular flexibility index (Phi) is 3.60. The third-order valence-corrected chi connectivity index (χ3v) is 3.87. The van der Waals surface area contributed by atoms with Crippen LogP contribution in [0.4, 0.5) is 4.79 Å². The molecule has 1 atom stereocenters. The predicted octanol–water partition coefficient (Wildman–Crippen LogP) is 1.99. The van der Waals surface area contributed by atoms with E-state index in [1.54, 1.807) is 11.8 Å². The van der Waals surface area contributed by atoms with Crippen molar-refractivity contribution >= 4 is 11.9 Å². The van der Waals surface area contributed by atoms with Gasteiger partial charge < -0.3 is 14.4 Å². The van der Waals surface area contributed by atoms with Gasteiger partial charge in [-0.3, -0.25) is 4.79 Å². The van der Waals surface area contributed by atoms with Crippen LogP contribution in [-0.4, -0.2) is 48.2 Å². The molecule has 5 nitrogen and oxygen atoms in total. The van der Waals surface area contributed by atoms with E-state index in [1.807, 2.05) is 20.8 Å². The fourth-order valence-corrected chi connectivity index (χ4v) is 2.70. The lowest BCUT2D eigenvalue weighted by molar-refractivity contribution is -0.129. The van der Waals surface area contributed by atoms with Crippen LogP contribution >= 0.6 is 0 Å². The summed E-state index contributed by atoms with van der Waals surface area (Å²) in [5.41, 5.74) is -0.842. The summed E-state index contributed by atoms with van der Waals surface area (Å²) in [6.45, 7) is 8.99. The third-order valence-electron chi connectivity index (χ3n) is 3.87. The van der Waals surface area contributed by atoms with Crippen LogP contribution in [0.3, 0.4) is 0 Å². The Labute approximate surface area is 114 Å². The van der Waals surface area contributed by atoms with Gasteiger partial charge in [-0.05, 0) is 40.5 Å². The minimum Gasteiger partial charge on any atom is -0.444 e. The molecule has 19 heavy (non-hydrogen) atoms. The van der Waals surface area contributed by atoms with Crippen molar-refractivity contribution in [2.24, 2.45) is 5.41 Å². The second kappa shape index (κ2) is 4.78. The van der Waals surface area contributed by atoms with Crippen molar-refractivity contribution in [2.75, 3.05) is 19.7 Å². The molecule has 0 aliphatic carbocycles. The van der Waals surface area contributed by atoms with Crippen molar-refractivity contribution < 1.29 is 19.1 Å². The maximum absolute atomic E-state index is 12.1. The summed E-state index contributed by atoms with van der Waals surface area (Å²) in [6.07, 6.45) is 0.764. The molecule has 0 saturated carbocycles. The van der Waals surface area contributed by atoms with E-state index in [2.05, 4.69) is 0 Å². The van der Waals surface area contributed by atoms with Gasteiger partial charge in [0, 0.05) is 13.1 Å². The maximum Gasteiger partial charge on any atom is 0.410 e. The minimum atomic E-state index is -0.479. The summed E-state index contributed by atoms with van der Waals surface area (Å²) >= 11 is 0. The number of piperidine rings is 1. The van der Waals surface area contributed by atoms with Gasteiger partial charge in [-0.1, -0.05) is 0 Å². The van der Waals surface area contributed by atoms with Crippen molar-refractivity contribution in [3.05, 3.63) is 0 Å². The minimum absolute atomic E-state index is 0.191. The standard InChI is InChI=1S/C14H23NO4/c1-10-11(16)14(9-18-10)5-7-15(8-6-14)12(17)19-13(2,3)4/h10H,5-9H2,1-4H3/t10-/m1/s1. The van der Waals surface area contributed by atoms with Crippen LogP contribution in [0.1, 0.15) is 40.5 Å². The highest BCUT2D eigenvalue weighted by Gasteiger charge is 2.49. The highest BCUT2D eigenvalue weighted by molar-refractivity contribution is 5.90. The molecule has 0 N–H and O–H groups in total. The van der Waals surface area contributed by atoms with Crippen molar-refractivity contribution in [3.8, 4) is 0 Å². The Morgan fingerprint density at radius 2 is 1.95 bits per heavy atom. The Balaban J connectivity index is 1.93. The van der Waals surface area contributed by atoms with Crippen molar-refractivity contribution in [3.63, 3.8) is 0 Å². The number of rotatable bonds is 0. The molecule has 5 heteroatoms. The summed E-state index contributed by atoms with van der Waals surface area (Å²) in [6, 6.07) is 0. The second-order valence-electron chi connectivity index (χ2n) is 6.57. The van der Waals surface area contributed by atoms with Crippen LogP contribution < -0.4 is 0 Å². The van der Waals surface area contributed by atoms with Crippen LogP contribution in [-0.2, 0) is 14.3 Å². The van der Waals surface area contributed by atoms with Gasteiger partial charge in [0.1, 0.15) is 11.7 Å². The summed E-state index contributed by atoms with van der Waals surface area (Å²) < 4.78 is 10.8. The van der Waals surface area contributed by atoms with E-state index in [0.717, 1.165) is 0 Å². The highest BCUT2D eigenvalue weighted by Crippen LogP contribution is 2.39. The fourth-order valence-electron chi connectivity index (χ4n) is 2.70. The number of carbonyl (C=O) groups excluding carboxylic acids is 2. The Bertz CT molecular complexity index is 377. The van der Waals surface area contributed by atoms with Gasteiger partial charge in [-0.25, -0.2) is 4.79 Å². The molecule has 0 radical (unpaired) electrons. The molecule has 2 saturated heterocycles.